The van der Waals surface area contributed by atoms with Gasteiger partial charge in [-0.05, 0) is 48.6 Å². The number of carbonyl (C=O) groups excluding carboxylic acids is 1. The van der Waals surface area contributed by atoms with Gasteiger partial charge in [-0.1, -0.05) is 31.1 Å². The summed E-state index contributed by atoms with van der Waals surface area (Å²) in [5.74, 6) is 0.852. The molecular formula is C30H30N6O4. The summed E-state index contributed by atoms with van der Waals surface area (Å²) in [5.41, 5.74) is 4.76. The van der Waals surface area contributed by atoms with Crippen LogP contribution < -0.4 is 4.90 Å². The first-order chi connectivity index (χ1) is 19.4. The molecule has 2 aliphatic rings. The zero-order valence-electron chi connectivity index (χ0n) is 22.6. The van der Waals surface area contributed by atoms with Crippen molar-refractivity contribution in [3.8, 4) is 11.3 Å². The van der Waals surface area contributed by atoms with Crippen LogP contribution in [0, 0.1) is 5.92 Å². The molecule has 1 unspecified atom stereocenters. The molecule has 1 N–H and O–H groups in total. The molecule has 1 aliphatic heterocycles. The first-order valence-corrected chi connectivity index (χ1v) is 13.4. The number of ether oxygens (including phenoxy) is 1. The van der Waals surface area contributed by atoms with Crippen LogP contribution in [0.3, 0.4) is 0 Å². The monoisotopic (exact) mass is 538 g/mol. The number of methoxy groups -OCH3 is 1. The van der Waals surface area contributed by atoms with Crippen molar-refractivity contribution in [2.75, 3.05) is 25.1 Å². The molecule has 3 aromatic heterocycles. The van der Waals surface area contributed by atoms with Crippen LogP contribution in [0.4, 0.5) is 5.95 Å². The van der Waals surface area contributed by atoms with E-state index in [0.29, 0.717) is 34.6 Å². The molecule has 10 nitrogen and oxygen atoms in total. The van der Waals surface area contributed by atoms with E-state index >= 15 is 0 Å². The van der Waals surface area contributed by atoms with Crippen LogP contribution in [0.1, 0.15) is 55.5 Å². The Morgan fingerprint density at radius 3 is 2.55 bits per heavy atom. The van der Waals surface area contributed by atoms with Crippen molar-refractivity contribution in [3.05, 3.63) is 77.7 Å². The average Bonchev–Trinajstić information content (AvgIpc) is 3.42. The van der Waals surface area contributed by atoms with Gasteiger partial charge in [-0.15, -0.1) is 10.2 Å². The highest BCUT2D eigenvalue weighted by atomic mass is 16.5. The van der Waals surface area contributed by atoms with Crippen molar-refractivity contribution in [2.24, 2.45) is 5.92 Å². The molecule has 40 heavy (non-hydrogen) atoms. The van der Waals surface area contributed by atoms with E-state index in [1.165, 1.54) is 12.7 Å². The van der Waals surface area contributed by atoms with Gasteiger partial charge in [0.25, 0.3) is 0 Å². The Balaban J connectivity index is 1.13. The molecule has 0 amide bonds. The van der Waals surface area contributed by atoms with Gasteiger partial charge < -0.3 is 19.3 Å². The van der Waals surface area contributed by atoms with E-state index in [0.717, 1.165) is 42.4 Å². The summed E-state index contributed by atoms with van der Waals surface area (Å²) in [6.45, 7) is 5.47. The zero-order valence-corrected chi connectivity index (χ0v) is 22.6. The maximum absolute atomic E-state index is 12.2. The number of nitrogens with zero attached hydrogens (tertiary/aromatic N) is 6. The molecule has 0 radical (unpaired) electrons. The largest absolute Gasteiger partial charge is 0.508 e. The second kappa shape index (κ2) is 10.5. The van der Waals surface area contributed by atoms with Gasteiger partial charge >= 0.3 is 5.97 Å². The van der Waals surface area contributed by atoms with E-state index < -0.39 is 5.92 Å². The lowest BCUT2D eigenvalue weighted by molar-refractivity contribution is -0.144. The smallest absolute Gasteiger partial charge is 0.316 e. The van der Waals surface area contributed by atoms with E-state index in [-0.39, 0.29) is 17.6 Å². The third kappa shape index (κ3) is 4.81. The molecule has 1 saturated heterocycles. The second-order valence-corrected chi connectivity index (χ2v) is 10.6. The van der Waals surface area contributed by atoms with Crippen LogP contribution >= 0.6 is 0 Å². The molecule has 204 valence electrons. The summed E-state index contributed by atoms with van der Waals surface area (Å²) in [6.07, 6.45) is 9.00. The van der Waals surface area contributed by atoms with Gasteiger partial charge in [0.05, 0.1) is 18.3 Å². The van der Waals surface area contributed by atoms with Crippen molar-refractivity contribution in [1.82, 2.24) is 25.3 Å². The topological polar surface area (TPSA) is 127 Å². The summed E-state index contributed by atoms with van der Waals surface area (Å²) in [5, 5.41) is 24.1. The van der Waals surface area contributed by atoms with Gasteiger partial charge in [-0.3, -0.25) is 4.79 Å². The highest BCUT2D eigenvalue weighted by Gasteiger charge is 2.31. The zero-order chi connectivity index (χ0) is 27.8. The molecule has 1 atom stereocenters. The minimum atomic E-state index is -0.522. The number of carbonyl (C=O) groups is 1. The van der Waals surface area contributed by atoms with E-state index in [9.17, 15) is 9.90 Å². The summed E-state index contributed by atoms with van der Waals surface area (Å²) >= 11 is 0. The van der Waals surface area contributed by atoms with Gasteiger partial charge in [0, 0.05) is 54.0 Å². The fourth-order valence-electron chi connectivity index (χ4n) is 5.23. The van der Waals surface area contributed by atoms with Crippen molar-refractivity contribution in [2.45, 2.75) is 38.5 Å². The standard InChI is InChI=1S/C30H30N6O4/c1-17(2)28(29(38)39-3)27-12-24(35-40-27)20-13-31-30(32-14-20)36-15-21(16-36)18-8-9-23-19(10-18)11-25(34-33-23)22-6-4-5-7-26(22)37/h6-14,17,21,28,37H,4-5,15-16H2,1-3H3. The minimum Gasteiger partial charge on any atom is -0.508 e. The summed E-state index contributed by atoms with van der Waals surface area (Å²) < 4.78 is 10.4. The maximum Gasteiger partial charge on any atom is 0.316 e. The molecular weight excluding hydrogens is 508 g/mol. The number of hydrogen-bond donors (Lipinski definition) is 1. The molecule has 4 heterocycles. The van der Waals surface area contributed by atoms with Crippen LogP contribution in [0.2, 0.25) is 0 Å². The number of hydrogen-bond acceptors (Lipinski definition) is 10. The Morgan fingerprint density at radius 2 is 1.82 bits per heavy atom. The van der Waals surface area contributed by atoms with E-state index in [1.54, 1.807) is 18.5 Å². The van der Waals surface area contributed by atoms with Crippen molar-refractivity contribution in [1.29, 1.82) is 0 Å². The fraction of sp³-hybridized carbons (Fsp3) is 0.333. The highest BCUT2D eigenvalue weighted by Crippen LogP contribution is 2.33. The Kier molecular flexibility index (Phi) is 6.75. The van der Waals surface area contributed by atoms with E-state index in [1.807, 2.05) is 38.1 Å². The highest BCUT2D eigenvalue weighted by molar-refractivity contribution is 5.85. The maximum atomic E-state index is 12.2. The van der Waals surface area contributed by atoms with Gasteiger partial charge in [0.1, 0.15) is 17.4 Å². The number of aliphatic hydroxyl groups excluding tert-OH is 1. The summed E-state index contributed by atoms with van der Waals surface area (Å²) in [6, 6.07) is 9.99. The lowest BCUT2D eigenvalue weighted by Crippen LogP contribution is -2.45. The number of esters is 1. The van der Waals surface area contributed by atoms with Gasteiger partial charge in [0.15, 0.2) is 5.76 Å². The molecule has 1 aliphatic carbocycles. The minimum absolute atomic E-state index is 0.00339. The van der Waals surface area contributed by atoms with Crippen molar-refractivity contribution in [3.63, 3.8) is 0 Å². The average molecular weight is 539 g/mol. The first kappa shape index (κ1) is 25.7. The Labute approximate surface area is 231 Å². The normalized spacial score (nSPS) is 16.4. The molecule has 6 rings (SSSR count). The number of anilines is 1. The lowest BCUT2D eigenvalue weighted by atomic mass is 9.90. The predicted molar refractivity (Wildman–Crippen MR) is 150 cm³/mol. The summed E-state index contributed by atoms with van der Waals surface area (Å²) in [7, 11) is 1.37. The van der Waals surface area contributed by atoms with Crippen LogP contribution in [-0.2, 0) is 9.53 Å². The fourth-order valence-corrected chi connectivity index (χ4v) is 5.23. The third-order valence-electron chi connectivity index (χ3n) is 7.54. The van der Waals surface area contributed by atoms with E-state index in [2.05, 4.69) is 42.4 Å². The van der Waals surface area contributed by atoms with Crippen LogP contribution in [0.15, 0.2) is 65.2 Å². The van der Waals surface area contributed by atoms with E-state index in [4.69, 9.17) is 9.26 Å². The SMILES string of the molecule is COC(=O)C(c1cc(-c2cnc(N3CC(c4ccc5nnc(C6=CCCC=C6O)cc5c4)C3)nc2)no1)C(C)C. The van der Waals surface area contributed by atoms with Crippen molar-refractivity contribution >= 4 is 28.4 Å². The molecule has 1 aromatic carbocycles. The first-order valence-electron chi connectivity index (χ1n) is 13.4. The molecule has 0 bridgehead atoms. The third-order valence-corrected chi connectivity index (χ3v) is 7.54. The number of allylic oxidation sites excluding steroid dienone is 3. The van der Waals surface area contributed by atoms with Crippen LogP contribution in [0.25, 0.3) is 27.7 Å². The summed E-state index contributed by atoms with van der Waals surface area (Å²) in [4.78, 5) is 23.4. The number of aromatic nitrogens is 5. The molecule has 4 aromatic rings. The molecule has 0 spiro atoms. The Morgan fingerprint density at radius 1 is 1.05 bits per heavy atom. The quantitative estimate of drug-likeness (QED) is 0.313. The lowest BCUT2D eigenvalue weighted by Gasteiger charge is -2.39. The Hall–Kier alpha value is -4.60. The molecule has 10 heteroatoms. The second-order valence-electron chi connectivity index (χ2n) is 10.6. The van der Waals surface area contributed by atoms with Crippen molar-refractivity contribution < 1.29 is 19.2 Å². The predicted octanol–water partition coefficient (Wildman–Crippen LogP) is 5.21. The Bertz CT molecular complexity index is 1620. The number of fused-ring (bicyclic) bond motifs is 1. The van der Waals surface area contributed by atoms with Crippen LogP contribution in [-0.4, -0.2) is 56.6 Å². The van der Waals surface area contributed by atoms with Gasteiger partial charge in [-0.2, -0.15) is 0 Å². The van der Waals surface area contributed by atoms with Gasteiger partial charge in [-0.25, -0.2) is 9.97 Å². The van der Waals surface area contributed by atoms with Gasteiger partial charge in [0.2, 0.25) is 5.95 Å². The molecule has 0 saturated carbocycles. The number of benzene rings is 1. The molecule has 1 fully saturated rings. The number of aliphatic hydroxyl groups is 1. The number of rotatable bonds is 7. The van der Waals surface area contributed by atoms with Crippen LogP contribution in [0.5, 0.6) is 0 Å².